The molecule has 1 aromatic rings. The number of halogens is 3. The number of nitrogens with zero attached hydrogens (tertiary/aromatic N) is 1. The van der Waals surface area contributed by atoms with Crippen molar-refractivity contribution in [2.75, 3.05) is 44.7 Å². The first kappa shape index (κ1) is 15.1. The predicted octanol–water partition coefficient (Wildman–Crippen LogP) is 2.76. The summed E-state index contributed by atoms with van der Waals surface area (Å²) >= 11 is 0. The van der Waals surface area contributed by atoms with Crippen molar-refractivity contribution >= 4 is 5.69 Å². The molecular formula is C14H19F3N2O. The van der Waals surface area contributed by atoms with E-state index in [1.165, 1.54) is 19.1 Å². The second-order valence-electron chi connectivity index (χ2n) is 4.91. The lowest BCUT2D eigenvalue weighted by atomic mass is 10.1. The van der Waals surface area contributed by atoms with Crippen molar-refractivity contribution in [1.29, 1.82) is 0 Å². The van der Waals surface area contributed by atoms with Gasteiger partial charge in [-0.25, -0.2) is 0 Å². The van der Waals surface area contributed by atoms with Gasteiger partial charge >= 0.3 is 6.18 Å². The lowest BCUT2D eigenvalue weighted by Crippen LogP contribution is -2.39. The third-order valence-corrected chi connectivity index (χ3v) is 3.40. The molecule has 1 heterocycles. The van der Waals surface area contributed by atoms with Crippen molar-refractivity contribution in [2.45, 2.75) is 13.1 Å². The number of nitrogens with one attached hydrogen (secondary N) is 1. The van der Waals surface area contributed by atoms with Gasteiger partial charge < -0.3 is 10.1 Å². The molecule has 0 unspecified atom stereocenters. The number of hydrogen-bond acceptors (Lipinski definition) is 3. The standard InChI is InChI=1S/C14H19F3N2O/c1-11-2-3-12(10-13(11)14(15,16)17)18-4-5-19-6-8-20-9-7-19/h2-3,10,18H,4-9H2,1H3. The summed E-state index contributed by atoms with van der Waals surface area (Å²) in [6.07, 6.45) is -4.30. The van der Waals surface area contributed by atoms with E-state index in [0.717, 1.165) is 32.8 Å². The van der Waals surface area contributed by atoms with E-state index in [4.69, 9.17) is 4.74 Å². The van der Waals surface area contributed by atoms with Gasteiger partial charge in [-0.1, -0.05) is 6.07 Å². The molecule has 1 fully saturated rings. The van der Waals surface area contributed by atoms with Gasteiger partial charge in [0, 0.05) is 31.9 Å². The average molecular weight is 288 g/mol. The zero-order chi connectivity index (χ0) is 14.6. The minimum Gasteiger partial charge on any atom is -0.384 e. The van der Waals surface area contributed by atoms with E-state index in [1.54, 1.807) is 6.07 Å². The molecule has 112 valence electrons. The molecule has 0 aliphatic carbocycles. The number of rotatable bonds is 4. The Morgan fingerprint density at radius 3 is 2.60 bits per heavy atom. The van der Waals surface area contributed by atoms with Gasteiger partial charge in [-0.2, -0.15) is 13.2 Å². The number of morpholine rings is 1. The molecule has 6 heteroatoms. The Morgan fingerprint density at radius 1 is 1.25 bits per heavy atom. The fraction of sp³-hybridized carbons (Fsp3) is 0.571. The van der Waals surface area contributed by atoms with Crippen LogP contribution in [0.1, 0.15) is 11.1 Å². The smallest absolute Gasteiger partial charge is 0.384 e. The molecule has 0 amide bonds. The third-order valence-electron chi connectivity index (χ3n) is 3.40. The van der Waals surface area contributed by atoms with E-state index in [9.17, 15) is 13.2 Å². The maximum Gasteiger partial charge on any atom is 0.416 e. The van der Waals surface area contributed by atoms with Gasteiger partial charge in [-0.05, 0) is 24.6 Å². The third kappa shape index (κ3) is 4.11. The molecule has 2 rings (SSSR count). The van der Waals surface area contributed by atoms with E-state index in [1.807, 2.05) is 0 Å². The first-order valence-corrected chi connectivity index (χ1v) is 6.68. The van der Waals surface area contributed by atoms with Crippen molar-refractivity contribution in [3.8, 4) is 0 Å². The van der Waals surface area contributed by atoms with E-state index in [0.29, 0.717) is 12.2 Å². The van der Waals surface area contributed by atoms with E-state index >= 15 is 0 Å². The molecule has 0 aromatic heterocycles. The zero-order valence-corrected chi connectivity index (χ0v) is 11.5. The van der Waals surface area contributed by atoms with Crippen LogP contribution in [0.25, 0.3) is 0 Å². The molecule has 0 radical (unpaired) electrons. The van der Waals surface area contributed by atoms with Crippen molar-refractivity contribution in [2.24, 2.45) is 0 Å². The molecule has 0 spiro atoms. The second kappa shape index (κ2) is 6.45. The van der Waals surface area contributed by atoms with Crippen molar-refractivity contribution in [3.63, 3.8) is 0 Å². The van der Waals surface area contributed by atoms with E-state index in [2.05, 4.69) is 10.2 Å². The van der Waals surface area contributed by atoms with Crippen molar-refractivity contribution < 1.29 is 17.9 Å². The molecule has 1 N–H and O–H groups in total. The number of hydrogen-bond donors (Lipinski definition) is 1. The summed E-state index contributed by atoms with van der Waals surface area (Å²) < 4.78 is 43.6. The van der Waals surface area contributed by atoms with Gasteiger partial charge in [0.25, 0.3) is 0 Å². The predicted molar refractivity (Wildman–Crippen MR) is 71.9 cm³/mol. The number of aryl methyl sites for hydroxylation is 1. The fourth-order valence-corrected chi connectivity index (χ4v) is 2.22. The minimum absolute atomic E-state index is 0.247. The summed E-state index contributed by atoms with van der Waals surface area (Å²) in [7, 11) is 0. The van der Waals surface area contributed by atoms with Gasteiger partial charge in [-0.3, -0.25) is 4.90 Å². The van der Waals surface area contributed by atoms with Crippen LogP contribution in [0.3, 0.4) is 0 Å². The second-order valence-corrected chi connectivity index (χ2v) is 4.91. The normalized spacial score (nSPS) is 17.2. The summed E-state index contributed by atoms with van der Waals surface area (Å²) in [4.78, 5) is 2.23. The maximum absolute atomic E-state index is 12.8. The molecular weight excluding hydrogens is 269 g/mol. The Hall–Kier alpha value is -1.27. The molecule has 1 aliphatic heterocycles. The van der Waals surface area contributed by atoms with Crippen LogP contribution in [-0.2, 0) is 10.9 Å². The first-order valence-electron chi connectivity index (χ1n) is 6.68. The summed E-state index contributed by atoms with van der Waals surface area (Å²) in [5.74, 6) is 0. The van der Waals surface area contributed by atoms with E-state index in [-0.39, 0.29) is 5.56 Å². The summed E-state index contributed by atoms with van der Waals surface area (Å²) in [5, 5.41) is 3.05. The molecule has 20 heavy (non-hydrogen) atoms. The van der Waals surface area contributed by atoms with Gasteiger partial charge in [0.2, 0.25) is 0 Å². The van der Waals surface area contributed by atoms with Gasteiger partial charge in [0.05, 0.1) is 18.8 Å². The lowest BCUT2D eigenvalue weighted by molar-refractivity contribution is -0.138. The topological polar surface area (TPSA) is 24.5 Å². The highest BCUT2D eigenvalue weighted by atomic mass is 19.4. The Morgan fingerprint density at radius 2 is 1.95 bits per heavy atom. The first-order chi connectivity index (χ1) is 9.47. The van der Waals surface area contributed by atoms with Gasteiger partial charge in [-0.15, -0.1) is 0 Å². The van der Waals surface area contributed by atoms with Crippen LogP contribution in [0.15, 0.2) is 18.2 Å². The van der Waals surface area contributed by atoms with Crippen LogP contribution >= 0.6 is 0 Å². The number of alkyl halides is 3. The quantitative estimate of drug-likeness (QED) is 0.922. The number of anilines is 1. The van der Waals surface area contributed by atoms with Crippen LogP contribution in [0, 0.1) is 6.92 Å². The van der Waals surface area contributed by atoms with Crippen LogP contribution in [0.4, 0.5) is 18.9 Å². The highest BCUT2D eigenvalue weighted by Crippen LogP contribution is 2.33. The fourth-order valence-electron chi connectivity index (χ4n) is 2.22. The monoisotopic (exact) mass is 288 g/mol. The van der Waals surface area contributed by atoms with Crippen LogP contribution in [0.5, 0.6) is 0 Å². The molecule has 0 saturated carbocycles. The molecule has 1 aliphatic rings. The Labute approximate surface area is 116 Å². The molecule has 3 nitrogen and oxygen atoms in total. The molecule has 1 aromatic carbocycles. The molecule has 0 atom stereocenters. The van der Waals surface area contributed by atoms with Gasteiger partial charge in [0.15, 0.2) is 0 Å². The van der Waals surface area contributed by atoms with Gasteiger partial charge in [0.1, 0.15) is 0 Å². The summed E-state index contributed by atoms with van der Waals surface area (Å²) in [5.41, 5.74) is 0.182. The highest BCUT2D eigenvalue weighted by Gasteiger charge is 2.32. The van der Waals surface area contributed by atoms with Crippen LogP contribution in [-0.4, -0.2) is 44.3 Å². The maximum atomic E-state index is 12.8. The summed E-state index contributed by atoms with van der Waals surface area (Å²) in [6, 6.07) is 4.36. The summed E-state index contributed by atoms with van der Waals surface area (Å²) in [6.45, 7) is 6.11. The number of benzene rings is 1. The SMILES string of the molecule is Cc1ccc(NCCN2CCOCC2)cc1C(F)(F)F. The van der Waals surface area contributed by atoms with Crippen LogP contribution < -0.4 is 5.32 Å². The number of ether oxygens (including phenoxy) is 1. The highest BCUT2D eigenvalue weighted by molar-refractivity contribution is 5.49. The lowest BCUT2D eigenvalue weighted by Gasteiger charge is -2.26. The zero-order valence-electron chi connectivity index (χ0n) is 11.5. The minimum atomic E-state index is -4.30. The Balaban J connectivity index is 1.89. The van der Waals surface area contributed by atoms with E-state index < -0.39 is 11.7 Å². The molecule has 0 bridgehead atoms. The molecule has 1 saturated heterocycles. The Kier molecular flexibility index (Phi) is 4.88. The largest absolute Gasteiger partial charge is 0.416 e. The van der Waals surface area contributed by atoms with Crippen LogP contribution in [0.2, 0.25) is 0 Å². The van der Waals surface area contributed by atoms with Crippen molar-refractivity contribution in [1.82, 2.24) is 4.90 Å². The van der Waals surface area contributed by atoms with Crippen molar-refractivity contribution in [3.05, 3.63) is 29.3 Å². The average Bonchev–Trinajstić information content (AvgIpc) is 2.40. The Bertz CT molecular complexity index is 443.